The van der Waals surface area contributed by atoms with Gasteiger partial charge in [0.25, 0.3) is 0 Å². The quantitative estimate of drug-likeness (QED) is 0.602. The third-order valence-electron chi connectivity index (χ3n) is 1.52. The van der Waals surface area contributed by atoms with Gasteiger partial charge in [-0.3, -0.25) is 9.78 Å². The largest absolute Gasteiger partial charge is 0.296 e. The summed E-state index contributed by atoms with van der Waals surface area (Å²) >= 11 is 1.62. The van der Waals surface area contributed by atoms with E-state index in [0.717, 1.165) is 16.4 Å². The molecule has 0 unspecified atom stereocenters. The van der Waals surface area contributed by atoms with Gasteiger partial charge in [0.15, 0.2) is 6.29 Å². The smallest absolute Gasteiger partial charge is 0.169 e. The summed E-state index contributed by atoms with van der Waals surface area (Å²) in [7, 11) is 0. The Labute approximate surface area is 67.5 Å². The lowest BCUT2D eigenvalue weighted by molar-refractivity contribution is 0.112. The van der Waals surface area contributed by atoms with Crippen LogP contribution in [0.3, 0.4) is 0 Å². The molecule has 0 aromatic carbocycles. The third kappa shape index (κ3) is 0.935. The molecule has 2 nitrogen and oxygen atoms in total. The van der Waals surface area contributed by atoms with Crippen LogP contribution >= 0.6 is 11.3 Å². The highest BCUT2D eigenvalue weighted by molar-refractivity contribution is 7.17. The Hall–Kier alpha value is -1.22. The van der Waals surface area contributed by atoms with Gasteiger partial charge in [-0.05, 0) is 17.5 Å². The van der Waals surface area contributed by atoms with Gasteiger partial charge in [-0.15, -0.1) is 11.3 Å². The number of fused-ring (bicyclic) bond motifs is 1. The first-order chi connectivity index (χ1) is 5.42. The van der Waals surface area contributed by atoms with Crippen LogP contribution in [0.2, 0.25) is 0 Å². The number of hydrogen-bond acceptors (Lipinski definition) is 3. The van der Waals surface area contributed by atoms with Crippen LogP contribution in [0.1, 0.15) is 10.5 Å². The van der Waals surface area contributed by atoms with E-state index in [2.05, 4.69) is 4.98 Å². The highest BCUT2D eigenvalue weighted by Gasteiger charge is 1.99. The fourth-order valence-electron chi connectivity index (χ4n) is 1.01. The summed E-state index contributed by atoms with van der Waals surface area (Å²) in [4.78, 5) is 14.4. The Morgan fingerprint density at radius 2 is 2.36 bits per heavy atom. The van der Waals surface area contributed by atoms with Gasteiger partial charge in [-0.2, -0.15) is 0 Å². The molecule has 0 saturated heterocycles. The zero-order valence-corrected chi connectivity index (χ0v) is 6.47. The second-order valence-electron chi connectivity index (χ2n) is 2.15. The highest BCUT2D eigenvalue weighted by atomic mass is 32.1. The first kappa shape index (κ1) is 6.49. The molecule has 54 valence electrons. The van der Waals surface area contributed by atoms with Crippen LogP contribution in [0.4, 0.5) is 0 Å². The maximum absolute atomic E-state index is 10.5. The molecular weight excluding hydrogens is 158 g/mol. The van der Waals surface area contributed by atoms with Gasteiger partial charge in [0.2, 0.25) is 0 Å². The van der Waals surface area contributed by atoms with E-state index in [1.165, 1.54) is 0 Å². The number of rotatable bonds is 1. The van der Waals surface area contributed by atoms with Gasteiger partial charge < -0.3 is 0 Å². The molecule has 3 heteroatoms. The van der Waals surface area contributed by atoms with E-state index < -0.39 is 0 Å². The summed E-state index contributed by atoms with van der Waals surface area (Å²) in [6.07, 6.45) is 2.44. The molecule has 0 radical (unpaired) electrons. The third-order valence-corrected chi connectivity index (χ3v) is 2.40. The Morgan fingerprint density at radius 3 is 3.18 bits per heavy atom. The molecule has 0 fully saturated rings. The second-order valence-corrected chi connectivity index (χ2v) is 3.09. The molecule has 0 saturated carbocycles. The van der Waals surface area contributed by atoms with Crippen molar-refractivity contribution in [3.8, 4) is 0 Å². The predicted molar refractivity (Wildman–Crippen MR) is 45.0 cm³/mol. The van der Waals surface area contributed by atoms with Crippen molar-refractivity contribution < 1.29 is 4.79 Å². The van der Waals surface area contributed by atoms with E-state index in [9.17, 15) is 4.79 Å². The molecule has 0 amide bonds. The lowest BCUT2D eigenvalue weighted by Crippen LogP contribution is -1.84. The van der Waals surface area contributed by atoms with E-state index in [0.29, 0.717) is 5.69 Å². The summed E-state index contributed by atoms with van der Waals surface area (Å²) in [5, 5.41) is 2.91. The minimum absolute atomic E-state index is 0.531. The van der Waals surface area contributed by atoms with Crippen LogP contribution in [0.25, 0.3) is 10.1 Å². The minimum atomic E-state index is 0.531. The fraction of sp³-hybridized carbons (Fsp3) is 0. The molecule has 0 atom stereocenters. The van der Waals surface area contributed by atoms with E-state index >= 15 is 0 Å². The number of pyridine rings is 1. The zero-order valence-electron chi connectivity index (χ0n) is 5.65. The van der Waals surface area contributed by atoms with Crippen LogP contribution in [0.15, 0.2) is 23.7 Å². The lowest BCUT2D eigenvalue weighted by Gasteiger charge is -1.89. The molecule has 0 aliphatic heterocycles. The number of carbonyl (C=O) groups excluding carboxylic acids is 1. The van der Waals surface area contributed by atoms with Crippen molar-refractivity contribution in [1.29, 1.82) is 0 Å². The van der Waals surface area contributed by atoms with Crippen molar-refractivity contribution in [2.75, 3.05) is 0 Å². The first-order valence-corrected chi connectivity index (χ1v) is 4.07. The van der Waals surface area contributed by atoms with Gasteiger partial charge in [-0.1, -0.05) is 0 Å². The number of thiophene rings is 1. The molecule has 0 N–H and O–H groups in total. The summed E-state index contributed by atoms with van der Waals surface area (Å²) < 4.78 is 1.11. The van der Waals surface area contributed by atoms with Crippen LogP contribution in [-0.2, 0) is 0 Å². The summed E-state index contributed by atoms with van der Waals surface area (Å²) in [6.45, 7) is 0. The van der Waals surface area contributed by atoms with Crippen molar-refractivity contribution in [2.45, 2.75) is 0 Å². The minimum Gasteiger partial charge on any atom is -0.296 e. The van der Waals surface area contributed by atoms with Gasteiger partial charge in [-0.25, -0.2) is 0 Å². The normalized spacial score (nSPS) is 10.2. The van der Waals surface area contributed by atoms with Crippen molar-refractivity contribution >= 4 is 27.7 Å². The molecule has 11 heavy (non-hydrogen) atoms. The number of aromatic nitrogens is 1. The van der Waals surface area contributed by atoms with Crippen LogP contribution in [0, 0.1) is 0 Å². The zero-order chi connectivity index (χ0) is 7.68. The molecule has 0 aliphatic rings. The molecule has 2 rings (SSSR count). The standard InChI is InChI=1S/C8H5NOS/c10-5-7-6-2-4-11-8(6)1-3-9-7/h1-5H. The monoisotopic (exact) mass is 163 g/mol. The molecule has 0 aliphatic carbocycles. The average molecular weight is 163 g/mol. The summed E-state index contributed by atoms with van der Waals surface area (Å²) in [5.74, 6) is 0. The Bertz CT molecular complexity index is 394. The predicted octanol–water partition coefficient (Wildman–Crippen LogP) is 2.11. The van der Waals surface area contributed by atoms with E-state index in [1.54, 1.807) is 17.5 Å². The molecule has 2 aromatic heterocycles. The lowest BCUT2D eigenvalue weighted by atomic mass is 10.2. The van der Waals surface area contributed by atoms with Crippen molar-refractivity contribution in [1.82, 2.24) is 4.98 Å². The fourth-order valence-corrected chi connectivity index (χ4v) is 1.80. The van der Waals surface area contributed by atoms with Crippen LogP contribution in [-0.4, -0.2) is 11.3 Å². The SMILES string of the molecule is O=Cc1nccc2sccc12. The Kier molecular flexibility index (Phi) is 1.43. The maximum Gasteiger partial charge on any atom is 0.169 e. The van der Waals surface area contributed by atoms with Crippen LogP contribution in [0.5, 0.6) is 0 Å². The van der Waals surface area contributed by atoms with Crippen LogP contribution < -0.4 is 0 Å². The highest BCUT2D eigenvalue weighted by Crippen LogP contribution is 2.20. The van der Waals surface area contributed by atoms with E-state index in [4.69, 9.17) is 0 Å². The first-order valence-electron chi connectivity index (χ1n) is 3.19. The molecule has 2 aromatic rings. The van der Waals surface area contributed by atoms with Gasteiger partial charge in [0.05, 0.1) is 0 Å². The Balaban J connectivity index is 2.88. The molecule has 0 spiro atoms. The summed E-state index contributed by atoms with van der Waals surface area (Å²) in [6, 6.07) is 3.82. The Morgan fingerprint density at radius 1 is 1.45 bits per heavy atom. The number of nitrogens with zero attached hydrogens (tertiary/aromatic N) is 1. The molecule has 2 heterocycles. The van der Waals surface area contributed by atoms with Crippen molar-refractivity contribution in [3.63, 3.8) is 0 Å². The maximum atomic E-state index is 10.5. The van der Waals surface area contributed by atoms with Gasteiger partial charge >= 0.3 is 0 Å². The number of aldehydes is 1. The molecule has 0 bridgehead atoms. The average Bonchev–Trinajstić information content (AvgIpc) is 2.50. The summed E-state index contributed by atoms with van der Waals surface area (Å²) in [5.41, 5.74) is 0.531. The number of carbonyl (C=O) groups is 1. The van der Waals surface area contributed by atoms with Crippen molar-refractivity contribution in [3.05, 3.63) is 29.4 Å². The van der Waals surface area contributed by atoms with E-state index in [1.807, 2.05) is 17.5 Å². The topological polar surface area (TPSA) is 30.0 Å². The van der Waals surface area contributed by atoms with Gasteiger partial charge in [0, 0.05) is 16.3 Å². The molecular formula is C8H5NOS. The second kappa shape index (κ2) is 2.43. The number of hydrogen-bond donors (Lipinski definition) is 0. The van der Waals surface area contributed by atoms with E-state index in [-0.39, 0.29) is 0 Å². The van der Waals surface area contributed by atoms with Gasteiger partial charge in [0.1, 0.15) is 5.69 Å². The van der Waals surface area contributed by atoms with Crippen molar-refractivity contribution in [2.24, 2.45) is 0 Å².